The van der Waals surface area contributed by atoms with Crippen LogP contribution in [0.2, 0.25) is 0 Å². The van der Waals surface area contributed by atoms with Crippen molar-refractivity contribution >= 4 is 21.6 Å². The summed E-state index contributed by atoms with van der Waals surface area (Å²) in [6, 6.07) is 12.2. The van der Waals surface area contributed by atoms with E-state index < -0.39 is 15.9 Å². The normalized spacial score (nSPS) is 17.4. The third-order valence-corrected chi connectivity index (χ3v) is 7.36. The number of aryl methyl sites for hydroxylation is 2. The van der Waals surface area contributed by atoms with Gasteiger partial charge >= 0.3 is 0 Å². The Labute approximate surface area is 181 Å². The van der Waals surface area contributed by atoms with Crippen LogP contribution in [-0.2, 0) is 14.8 Å². The number of carbonyl (C=O) groups is 1. The highest BCUT2D eigenvalue weighted by Crippen LogP contribution is 2.26. The minimum atomic E-state index is -3.71. The van der Waals surface area contributed by atoms with Gasteiger partial charge in [-0.05, 0) is 73.0 Å². The SMILES string of the molecule is Cc1ccc(NC(=O)[C@@H]2CCCN(S(=O)(=O)c3ccc(-n4cnnn4)cc3)C2)c(C)c1. The number of nitrogens with zero attached hydrogens (tertiary/aromatic N) is 5. The topological polar surface area (TPSA) is 110 Å². The Hall–Kier alpha value is -3.11. The van der Waals surface area contributed by atoms with Crippen molar-refractivity contribution in [2.24, 2.45) is 5.92 Å². The van der Waals surface area contributed by atoms with Crippen LogP contribution >= 0.6 is 0 Å². The van der Waals surface area contributed by atoms with E-state index in [2.05, 4.69) is 20.8 Å². The number of hydrogen-bond acceptors (Lipinski definition) is 6. The first-order valence-electron chi connectivity index (χ1n) is 10.1. The van der Waals surface area contributed by atoms with Crippen LogP contribution in [0.15, 0.2) is 53.7 Å². The second-order valence-corrected chi connectivity index (χ2v) is 9.70. The van der Waals surface area contributed by atoms with Gasteiger partial charge in [-0.3, -0.25) is 4.79 Å². The number of piperidine rings is 1. The quantitative estimate of drug-likeness (QED) is 0.652. The number of nitrogens with one attached hydrogen (secondary N) is 1. The number of carbonyl (C=O) groups excluding carboxylic acids is 1. The lowest BCUT2D eigenvalue weighted by Gasteiger charge is -2.31. The zero-order chi connectivity index (χ0) is 22.0. The molecular weight excluding hydrogens is 416 g/mol. The highest BCUT2D eigenvalue weighted by molar-refractivity contribution is 7.89. The molecule has 1 atom stereocenters. The van der Waals surface area contributed by atoms with Crippen molar-refractivity contribution < 1.29 is 13.2 Å². The molecule has 1 aromatic heterocycles. The summed E-state index contributed by atoms with van der Waals surface area (Å²) in [4.78, 5) is 13.0. The summed E-state index contributed by atoms with van der Waals surface area (Å²) in [5, 5.41) is 13.9. The maximum atomic E-state index is 13.2. The average Bonchev–Trinajstić information content (AvgIpc) is 3.31. The lowest BCUT2D eigenvalue weighted by molar-refractivity contribution is -0.120. The zero-order valence-electron chi connectivity index (χ0n) is 17.4. The molecule has 162 valence electrons. The molecule has 4 rings (SSSR count). The Balaban J connectivity index is 1.47. The molecule has 0 bridgehead atoms. The first kappa shape index (κ1) is 21.1. The Morgan fingerprint density at radius 1 is 1.13 bits per heavy atom. The van der Waals surface area contributed by atoms with Crippen molar-refractivity contribution in [1.29, 1.82) is 0 Å². The van der Waals surface area contributed by atoms with Crippen molar-refractivity contribution in [2.75, 3.05) is 18.4 Å². The summed E-state index contributed by atoms with van der Waals surface area (Å²) in [7, 11) is -3.71. The maximum absolute atomic E-state index is 13.2. The summed E-state index contributed by atoms with van der Waals surface area (Å²) in [5.41, 5.74) is 3.52. The Kier molecular flexibility index (Phi) is 5.84. The van der Waals surface area contributed by atoms with E-state index >= 15 is 0 Å². The van der Waals surface area contributed by atoms with Crippen molar-refractivity contribution in [2.45, 2.75) is 31.6 Å². The Morgan fingerprint density at radius 2 is 1.90 bits per heavy atom. The molecule has 2 aromatic carbocycles. The molecule has 0 radical (unpaired) electrons. The number of tetrazole rings is 1. The number of hydrogen-bond donors (Lipinski definition) is 1. The lowest BCUT2D eigenvalue weighted by atomic mass is 9.98. The predicted molar refractivity (Wildman–Crippen MR) is 115 cm³/mol. The van der Waals surface area contributed by atoms with Gasteiger partial charge in [0.15, 0.2) is 0 Å². The van der Waals surface area contributed by atoms with Crippen LogP contribution in [0, 0.1) is 19.8 Å². The van der Waals surface area contributed by atoms with Crippen LogP contribution in [0.1, 0.15) is 24.0 Å². The minimum Gasteiger partial charge on any atom is -0.326 e. The molecule has 3 aromatic rings. The second kappa shape index (κ2) is 8.56. The summed E-state index contributed by atoms with van der Waals surface area (Å²) in [6.07, 6.45) is 2.72. The zero-order valence-corrected chi connectivity index (χ0v) is 18.2. The van der Waals surface area contributed by atoms with Crippen LogP contribution < -0.4 is 5.32 Å². The molecule has 0 saturated carbocycles. The van der Waals surface area contributed by atoms with Gasteiger partial charge in [0, 0.05) is 18.8 Å². The maximum Gasteiger partial charge on any atom is 0.243 e. The second-order valence-electron chi connectivity index (χ2n) is 7.76. The Morgan fingerprint density at radius 3 is 2.58 bits per heavy atom. The number of benzene rings is 2. The van der Waals surface area contributed by atoms with E-state index in [9.17, 15) is 13.2 Å². The van der Waals surface area contributed by atoms with Crippen LogP contribution in [0.3, 0.4) is 0 Å². The van der Waals surface area contributed by atoms with Gasteiger partial charge in [0.1, 0.15) is 6.33 Å². The first-order chi connectivity index (χ1) is 14.8. The van der Waals surface area contributed by atoms with Gasteiger partial charge in [0.2, 0.25) is 15.9 Å². The number of anilines is 1. The fourth-order valence-electron chi connectivity index (χ4n) is 3.76. The van der Waals surface area contributed by atoms with E-state index in [1.54, 1.807) is 12.1 Å². The molecule has 0 spiro atoms. The molecule has 1 aliphatic heterocycles. The molecule has 1 aliphatic rings. The number of sulfonamides is 1. The minimum absolute atomic E-state index is 0.152. The van der Waals surface area contributed by atoms with E-state index in [0.717, 1.165) is 16.8 Å². The van der Waals surface area contributed by atoms with Crippen LogP contribution in [0.5, 0.6) is 0 Å². The average molecular weight is 441 g/mol. The van der Waals surface area contributed by atoms with Crippen LogP contribution in [0.25, 0.3) is 5.69 Å². The molecular formula is C21H24N6O3S. The molecule has 1 saturated heterocycles. The number of amides is 1. The van der Waals surface area contributed by atoms with Crippen molar-refractivity contribution in [1.82, 2.24) is 24.5 Å². The number of aromatic nitrogens is 4. The van der Waals surface area contributed by atoms with Gasteiger partial charge in [0.25, 0.3) is 0 Å². The van der Waals surface area contributed by atoms with Gasteiger partial charge < -0.3 is 5.32 Å². The summed E-state index contributed by atoms with van der Waals surface area (Å²) in [6.45, 7) is 4.50. The van der Waals surface area contributed by atoms with Crippen LogP contribution in [-0.4, -0.2) is 51.9 Å². The van der Waals surface area contributed by atoms with Gasteiger partial charge in [-0.1, -0.05) is 17.7 Å². The molecule has 1 amide bonds. The summed E-state index contributed by atoms with van der Waals surface area (Å²) < 4.78 is 29.1. The van der Waals surface area contributed by atoms with E-state index in [1.807, 2.05) is 32.0 Å². The predicted octanol–water partition coefficient (Wildman–Crippen LogP) is 2.32. The van der Waals surface area contributed by atoms with E-state index in [1.165, 1.54) is 27.4 Å². The van der Waals surface area contributed by atoms with Gasteiger partial charge in [-0.25, -0.2) is 13.1 Å². The summed E-state index contributed by atoms with van der Waals surface area (Å²) >= 11 is 0. The van der Waals surface area contributed by atoms with E-state index in [0.29, 0.717) is 25.1 Å². The highest BCUT2D eigenvalue weighted by atomic mass is 32.2. The third kappa shape index (κ3) is 4.49. The monoisotopic (exact) mass is 440 g/mol. The molecule has 9 nitrogen and oxygen atoms in total. The summed E-state index contributed by atoms with van der Waals surface area (Å²) in [5.74, 6) is -0.550. The van der Waals surface area contributed by atoms with Gasteiger partial charge in [0.05, 0.1) is 16.5 Å². The largest absolute Gasteiger partial charge is 0.326 e. The molecule has 1 fully saturated rings. The molecule has 0 unspecified atom stereocenters. The van der Waals surface area contributed by atoms with E-state index in [4.69, 9.17) is 0 Å². The van der Waals surface area contributed by atoms with Crippen LogP contribution in [0.4, 0.5) is 5.69 Å². The molecule has 31 heavy (non-hydrogen) atoms. The standard InChI is InChI=1S/C21H24N6O3S/c1-15-5-10-20(16(2)12-15)23-21(28)17-4-3-11-26(13-17)31(29,30)19-8-6-18(7-9-19)27-14-22-24-25-27/h5-10,12,14,17H,3-4,11,13H2,1-2H3,(H,23,28)/t17-/m1/s1. The number of rotatable bonds is 5. The van der Waals surface area contributed by atoms with Crippen molar-refractivity contribution in [3.05, 3.63) is 59.9 Å². The van der Waals surface area contributed by atoms with Crippen molar-refractivity contribution in [3.8, 4) is 5.69 Å². The molecule has 1 N–H and O–H groups in total. The fourth-order valence-corrected chi connectivity index (χ4v) is 5.29. The molecule has 2 heterocycles. The first-order valence-corrected chi connectivity index (χ1v) is 11.5. The smallest absolute Gasteiger partial charge is 0.243 e. The molecule has 0 aliphatic carbocycles. The third-order valence-electron chi connectivity index (χ3n) is 5.48. The lowest BCUT2D eigenvalue weighted by Crippen LogP contribution is -2.43. The van der Waals surface area contributed by atoms with Gasteiger partial charge in [-0.15, -0.1) is 5.10 Å². The Bertz CT molecular complexity index is 1180. The highest BCUT2D eigenvalue weighted by Gasteiger charge is 2.33. The van der Waals surface area contributed by atoms with Gasteiger partial charge in [-0.2, -0.15) is 4.31 Å². The van der Waals surface area contributed by atoms with Crippen molar-refractivity contribution in [3.63, 3.8) is 0 Å². The fraction of sp³-hybridized carbons (Fsp3) is 0.333. The molecule has 10 heteroatoms. The van der Waals surface area contributed by atoms with E-state index in [-0.39, 0.29) is 17.3 Å².